The zero-order valence-electron chi connectivity index (χ0n) is 22.0. The predicted molar refractivity (Wildman–Crippen MR) is 158 cm³/mol. The number of ketones is 1. The lowest BCUT2D eigenvalue weighted by Gasteiger charge is -2.38. The second-order valence-corrected chi connectivity index (χ2v) is 11.8. The van der Waals surface area contributed by atoms with Gasteiger partial charge in [-0.25, -0.2) is 0 Å². The van der Waals surface area contributed by atoms with Gasteiger partial charge in [-0.3, -0.25) is 24.6 Å². The number of methoxy groups -OCH3 is 1. The van der Waals surface area contributed by atoms with Crippen molar-refractivity contribution in [3.8, 4) is 11.8 Å². The van der Waals surface area contributed by atoms with Gasteiger partial charge in [0.2, 0.25) is 11.0 Å². The molecule has 1 amide bonds. The number of benzene rings is 2. The summed E-state index contributed by atoms with van der Waals surface area (Å²) in [5.74, 6) is -0.531. The number of nitro groups is 1. The third-order valence-corrected chi connectivity index (χ3v) is 9.07. The molecule has 0 fully saturated rings. The van der Waals surface area contributed by atoms with Crippen LogP contribution in [0.2, 0.25) is 5.02 Å². The molecule has 0 saturated heterocycles. The number of nitrogens with two attached hydrogens (primary N) is 1. The molecule has 12 nitrogen and oxygen atoms in total. The number of halogens is 1. The van der Waals surface area contributed by atoms with E-state index in [2.05, 4.69) is 21.6 Å². The Kier molecular flexibility index (Phi) is 8.44. The van der Waals surface area contributed by atoms with E-state index in [9.17, 15) is 25.0 Å². The smallest absolute Gasteiger partial charge is 0.289 e. The maximum absolute atomic E-state index is 13.3. The number of anilines is 2. The summed E-state index contributed by atoms with van der Waals surface area (Å²) in [5, 5.41) is 32.7. The van der Waals surface area contributed by atoms with E-state index in [1.165, 1.54) is 25.3 Å². The normalized spacial score (nSPS) is 16.6. The highest BCUT2D eigenvalue weighted by molar-refractivity contribution is 8.01. The van der Waals surface area contributed by atoms with Gasteiger partial charge < -0.3 is 15.8 Å². The molecule has 1 aliphatic heterocycles. The van der Waals surface area contributed by atoms with Gasteiger partial charge in [0, 0.05) is 35.0 Å². The fourth-order valence-corrected chi connectivity index (χ4v) is 6.79. The summed E-state index contributed by atoms with van der Waals surface area (Å²) in [6.07, 6.45) is 1.51. The number of carbonyl (C=O) groups excluding carboxylic acids is 2. The zero-order valence-corrected chi connectivity index (χ0v) is 24.4. The van der Waals surface area contributed by atoms with E-state index in [4.69, 9.17) is 22.1 Å². The summed E-state index contributed by atoms with van der Waals surface area (Å²) in [5.41, 5.74) is 8.54. The number of nitriles is 1. The average Bonchev–Trinajstić information content (AvgIpc) is 3.45. The van der Waals surface area contributed by atoms with Crippen LogP contribution in [0.3, 0.4) is 0 Å². The second-order valence-electron chi connectivity index (χ2n) is 9.17. The molecule has 42 heavy (non-hydrogen) atoms. The molecule has 2 aliphatic rings. The van der Waals surface area contributed by atoms with Gasteiger partial charge in [0.05, 0.1) is 35.3 Å². The number of nitro benzene ring substituents is 1. The van der Waals surface area contributed by atoms with Crippen molar-refractivity contribution in [1.29, 1.82) is 5.26 Å². The van der Waals surface area contributed by atoms with Crippen molar-refractivity contribution in [2.75, 3.05) is 23.1 Å². The summed E-state index contributed by atoms with van der Waals surface area (Å²) < 4.78 is 6.00. The van der Waals surface area contributed by atoms with E-state index < -0.39 is 16.7 Å². The van der Waals surface area contributed by atoms with Gasteiger partial charge >= 0.3 is 0 Å². The van der Waals surface area contributed by atoms with Crippen LogP contribution in [0, 0.1) is 21.4 Å². The van der Waals surface area contributed by atoms with Crippen molar-refractivity contribution >= 4 is 62.9 Å². The second kappa shape index (κ2) is 12.2. The van der Waals surface area contributed by atoms with Gasteiger partial charge in [0.15, 0.2) is 10.1 Å². The topological polar surface area (TPSA) is 177 Å². The first-order chi connectivity index (χ1) is 20.2. The van der Waals surface area contributed by atoms with Crippen LogP contribution >= 0.6 is 34.7 Å². The molecular weight excluding hydrogens is 602 g/mol. The number of nitrogens with one attached hydrogen (secondary N) is 1. The van der Waals surface area contributed by atoms with E-state index in [0.29, 0.717) is 51.3 Å². The number of hydrogen-bond donors (Lipinski definition) is 2. The van der Waals surface area contributed by atoms with Crippen LogP contribution in [0.15, 0.2) is 69.5 Å². The molecule has 0 saturated carbocycles. The Morgan fingerprint density at radius 2 is 2.12 bits per heavy atom. The van der Waals surface area contributed by atoms with Gasteiger partial charge in [0.1, 0.15) is 16.6 Å². The maximum Gasteiger partial charge on any atom is 0.289 e. The molecule has 2 aromatic carbocycles. The van der Waals surface area contributed by atoms with Crippen LogP contribution in [0.5, 0.6) is 5.75 Å². The number of hydrogen-bond acceptors (Lipinski definition) is 12. The summed E-state index contributed by atoms with van der Waals surface area (Å²) in [6.45, 7) is 0. The SMILES string of the molecule is COc1ccccc1C1C(C#N)=C(N)N(c2nnc(SCC(=O)Nc3ccc(Cl)c([N+](=O)[O-])c3)s2)C2=C1C(=O)CCC2. The van der Waals surface area contributed by atoms with E-state index in [1.54, 1.807) is 11.0 Å². The number of amides is 1. The Morgan fingerprint density at radius 1 is 1.33 bits per heavy atom. The van der Waals surface area contributed by atoms with Crippen molar-refractivity contribution in [3.05, 3.63) is 85.8 Å². The van der Waals surface area contributed by atoms with Crippen molar-refractivity contribution in [2.45, 2.75) is 29.5 Å². The Labute approximate surface area is 253 Å². The number of allylic oxidation sites excluding steroid dienone is 3. The molecule has 1 unspecified atom stereocenters. The number of carbonyl (C=O) groups is 2. The first kappa shape index (κ1) is 29.1. The van der Waals surface area contributed by atoms with Crippen LogP contribution < -0.4 is 20.7 Å². The zero-order chi connectivity index (χ0) is 30.0. The van der Waals surface area contributed by atoms with Crippen molar-refractivity contribution < 1.29 is 19.2 Å². The molecule has 0 radical (unpaired) electrons. The van der Waals surface area contributed by atoms with Crippen LogP contribution in [0.25, 0.3) is 0 Å². The fraction of sp³-hybridized carbons (Fsp3) is 0.222. The Bertz CT molecular complexity index is 1710. The van der Waals surface area contributed by atoms with E-state index in [-0.39, 0.29) is 39.3 Å². The number of thioether (sulfide) groups is 1. The standard InChI is InChI=1S/C27H22ClN7O5S2/c1-40-21-8-3-2-5-15(21)23-16(12-29)25(30)34(18-6-4-7-20(36)24(18)23)26-32-33-27(42-26)41-13-22(37)31-14-9-10-17(28)19(11-14)35(38)39/h2-3,5,8-11,23H,4,6-7,13,30H2,1H3,(H,31,37). The van der Waals surface area contributed by atoms with Gasteiger partial charge in [-0.2, -0.15) is 5.26 Å². The minimum absolute atomic E-state index is 0.0356. The van der Waals surface area contributed by atoms with E-state index in [0.717, 1.165) is 23.1 Å². The van der Waals surface area contributed by atoms with Gasteiger partial charge in [-0.15, -0.1) is 10.2 Å². The number of nitrogens with zero attached hydrogens (tertiary/aromatic N) is 5. The largest absolute Gasteiger partial charge is 0.496 e. The van der Waals surface area contributed by atoms with Crippen LogP contribution in [0.4, 0.5) is 16.5 Å². The molecule has 5 rings (SSSR count). The van der Waals surface area contributed by atoms with Gasteiger partial charge in [-0.1, -0.05) is 52.9 Å². The van der Waals surface area contributed by atoms with Crippen molar-refractivity contribution in [1.82, 2.24) is 10.2 Å². The molecule has 3 aromatic rings. The molecule has 1 aliphatic carbocycles. The van der Waals surface area contributed by atoms with Gasteiger partial charge in [-0.05, 0) is 31.0 Å². The lowest BCUT2D eigenvalue weighted by molar-refractivity contribution is -0.384. The van der Waals surface area contributed by atoms with Crippen molar-refractivity contribution in [3.63, 3.8) is 0 Å². The number of rotatable bonds is 8. The van der Waals surface area contributed by atoms with E-state index >= 15 is 0 Å². The first-order valence-corrected chi connectivity index (χ1v) is 14.7. The highest BCUT2D eigenvalue weighted by Crippen LogP contribution is 2.48. The number of aromatic nitrogens is 2. The van der Waals surface area contributed by atoms with Crippen LogP contribution in [-0.4, -0.2) is 39.7 Å². The Hall–Kier alpha value is -4.45. The molecule has 214 valence electrons. The summed E-state index contributed by atoms with van der Waals surface area (Å²) in [7, 11) is 1.53. The molecule has 0 bridgehead atoms. The lowest BCUT2D eigenvalue weighted by Crippen LogP contribution is -2.38. The summed E-state index contributed by atoms with van der Waals surface area (Å²) >= 11 is 8.10. The van der Waals surface area contributed by atoms with Gasteiger partial charge in [0.25, 0.3) is 5.69 Å². The highest BCUT2D eigenvalue weighted by Gasteiger charge is 2.42. The Balaban J connectivity index is 1.40. The van der Waals surface area contributed by atoms with Crippen molar-refractivity contribution in [2.24, 2.45) is 5.73 Å². The molecular formula is C27H22ClN7O5S2. The van der Waals surface area contributed by atoms with E-state index in [1.807, 2.05) is 18.2 Å². The Morgan fingerprint density at radius 3 is 2.86 bits per heavy atom. The molecule has 1 aromatic heterocycles. The van der Waals surface area contributed by atoms with Crippen LogP contribution in [-0.2, 0) is 9.59 Å². The molecule has 0 spiro atoms. The minimum Gasteiger partial charge on any atom is -0.496 e. The third kappa shape index (κ3) is 5.54. The highest BCUT2D eigenvalue weighted by atomic mass is 35.5. The third-order valence-electron chi connectivity index (χ3n) is 6.70. The fourth-order valence-electron chi connectivity index (χ4n) is 4.93. The quantitative estimate of drug-likeness (QED) is 0.193. The first-order valence-electron chi connectivity index (χ1n) is 12.5. The monoisotopic (exact) mass is 623 g/mol. The van der Waals surface area contributed by atoms with Crippen LogP contribution in [0.1, 0.15) is 30.7 Å². The minimum atomic E-state index is -0.681. The summed E-state index contributed by atoms with van der Waals surface area (Å²) in [6, 6.07) is 13.4. The lowest BCUT2D eigenvalue weighted by atomic mass is 9.75. The predicted octanol–water partition coefficient (Wildman–Crippen LogP) is 5.14. The maximum atomic E-state index is 13.3. The number of para-hydroxylation sites is 1. The number of ether oxygens (including phenoxy) is 1. The molecule has 3 N–H and O–H groups in total. The number of Topliss-reactive ketones (excluding diaryl/α,β-unsaturated/α-hetero) is 1. The molecule has 1 atom stereocenters. The summed E-state index contributed by atoms with van der Waals surface area (Å²) in [4.78, 5) is 38.0. The average molecular weight is 624 g/mol. The molecule has 15 heteroatoms. The molecule has 2 heterocycles.